The molecule has 2 saturated heterocycles. The van der Waals surface area contributed by atoms with Crippen molar-refractivity contribution in [3.05, 3.63) is 269 Å². The van der Waals surface area contributed by atoms with E-state index in [0.29, 0.717) is 84.7 Å². The largest absolute Gasteiger partial charge is 0.508 e. The molecular weight excluding hydrogens is 1340 g/mol. The molecule has 4 fully saturated rings. The van der Waals surface area contributed by atoms with E-state index in [1.165, 1.54) is 40.6 Å². The molecule has 2 aliphatic heterocycles. The molecule has 4 aliphatic rings. The van der Waals surface area contributed by atoms with Gasteiger partial charge >= 0.3 is 6.03 Å². The predicted octanol–water partition coefficient (Wildman–Crippen LogP) is 16.4. The molecular formula is C87H99F2N7O10. The van der Waals surface area contributed by atoms with E-state index < -0.39 is 17.9 Å². The van der Waals surface area contributed by atoms with Crippen molar-refractivity contribution >= 4 is 35.3 Å². The predicted molar refractivity (Wildman–Crippen MR) is 411 cm³/mol. The van der Waals surface area contributed by atoms with Crippen LogP contribution in [0.1, 0.15) is 141 Å². The summed E-state index contributed by atoms with van der Waals surface area (Å²) in [6, 6.07) is 64.5. The Morgan fingerprint density at radius 3 is 1.47 bits per heavy atom. The van der Waals surface area contributed by atoms with Gasteiger partial charge in [0.1, 0.15) is 40.5 Å². The number of hydrogen-bond donors (Lipinski definition) is 7. The summed E-state index contributed by atoms with van der Waals surface area (Å²) in [6.07, 6.45) is 15.0. The van der Waals surface area contributed by atoms with Crippen molar-refractivity contribution in [1.29, 1.82) is 0 Å². The first-order valence-corrected chi connectivity index (χ1v) is 36.9. The van der Waals surface area contributed by atoms with Gasteiger partial charge in [0.25, 0.3) is 0 Å². The van der Waals surface area contributed by atoms with Crippen LogP contribution in [0, 0.1) is 18.6 Å². The van der Waals surface area contributed by atoms with Crippen LogP contribution in [0.2, 0.25) is 0 Å². The average Bonchev–Trinajstić information content (AvgIpc) is 0.832. The van der Waals surface area contributed by atoms with Crippen molar-refractivity contribution in [1.82, 2.24) is 25.4 Å². The van der Waals surface area contributed by atoms with Gasteiger partial charge in [-0.3, -0.25) is 14.4 Å². The monoisotopic (exact) mass is 1440 g/mol. The van der Waals surface area contributed by atoms with Gasteiger partial charge in [0.05, 0.1) is 25.5 Å². The van der Waals surface area contributed by atoms with Crippen LogP contribution < -0.4 is 20.9 Å². The molecule has 7 N–H and O–H groups in total. The number of urea groups is 1. The van der Waals surface area contributed by atoms with E-state index in [1.54, 1.807) is 90.8 Å². The summed E-state index contributed by atoms with van der Waals surface area (Å²) in [7, 11) is 3.74. The Balaban J connectivity index is 0.000000152. The van der Waals surface area contributed by atoms with Gasteiger partial charge in [0, 0.05) is 81.9 Å². The van der Waals surface area contributed by atoms with Gasteiger partial charge in [-0.15, -0.1) is 0 Å². The number of aromatic hydroxyl groups is 4. The number of ether oxygens (including phenoxy) is 2. The van der Waals surface area contributed by atoms with Crippen molar-refractivity contribution in [2.45, 2.75) is 152 Å². The first-order chi connectivity index (χ1) is 51.3. The fraction of sp³-hybridized carbons (Fsp3) is 0.345. The molecule has 0 radical (unpaired) electrons. The highest BCUT2D eigenvalue weighted by molar-refractivity contribution is 5.90. The maximum Gasteiger partial charge on any atom is 0.321 e. The molecule has 556 valence electrons. The van der Waals surface area contributed by atoms with Crippen LogP contribution >= 0.6 is 0 Å². The van der Waals surface area contributed by atoms with Crippen LogP contribution in [0.15, 0.2) is 219 Å². The quantitative estimate of drug-likeness (QED) is 0.0401. The topological polar surface area (TPSA) is 226 Å². The summed E-state index contributed by atoms with van der Waals surface area (Å²) in [5.41, 5.74) is 9.68. The highest BCUT2D eigenvalue weighted by Crippen LogP contribution is 2.37. The SMILES string of the molecule is CN(C(=O)Nc1ccc(-c2cc(F)cc(F)c2)cc1)C1CCN(c2ccc(O)cn2)CC1.Cc1cc(C2CCC(N(C)C(=O)CCc3ccccc3)CC2)ccc1O.O=C(CCc1ccccc1)NC1CCC(c2ccc(O)cc2)CC1.O=C(CCc1ccccc1)NC1COC(c2ccc(O)cc2)OC1. The Labute approximate surface area is 621 Å². The average molecular weight is 1440 g/mol. The Morgan fingerprint density at radius 1 is 0.481 bits per heavy atom. The van der Waals surface area contributed by atoms with E-state index in [9.17, 15) is 48.4 Å². The number of nitrogens with zero attached hydrogens (tertiary/aromatic N) is 4. The van der Waals surface area contributed by atoms with E-state index in [1.807, 2.05) is 104 Å². The smallest absolute Gasteiger partial charge is 0.321 e. The molecule has 3 heterocycles. The third-order valence-electron chi connectivity index (χ3n) is 20.4. The standard InChI is InChI=1S/C24H24F2N4O2.C23H29NO2.C21H25NO2.C19H21NO4/c1-29(21-8-10-30(11-9-21)23-7-6-22(31)15-27-23)24(32)28-20-4-2-16(3-5-20)17-12-18(25)14-19(26)13-17;1-17-16-20(11-14-22(17)25)19-9-12-21(13-10-19)24(2)23(26)15-8-18-6-4-3-5-7-18;23-20-13-9-18(10-14-20)17-7-11-19(12-8-17)22-21(24)15-6-16-4-2-1-3-5-16;21-17-9-7-15(8-10-17)19-23-12-16(13-24-19)20-18(22)11-6-14-4-2-1-3-5-14/h2-7,12-15,21,31H,8-11H2,1H3,(H,28,32);3-7,11,14,16,19,21,25H,8-10,12-13,15H2,1-2H3;1-5,9-10,13-14,17,19,23H,6-8,11-12,15H2,(H,22,24);1-5,7-10,16,19,21H,6,11-13H2,(H,20,22). The molecule has 8 aromatic carbocycles. The number of amides is 5. The minimum atomic E-state index is -0.633. The Bertz CT molecular complexity index is 4050. The zero-order valence-corrected chi connectivity index (χ0v) is 60.8. The van der Waals surface area contributed by atoms with Crippen LogP contribution in [0.4, 0.5) is 25.1 Å². The van der Waals surface area contributed by atoms with Crippen LogP contribution in [-0.4, -0.2) is 124 Å². The number of nitrogens with one attached hydrogen (secondary N) is 3. The Kier molecular flexibility index (Phi) is 29.0. The van der Waals surface area contributed by atoms with Crippen molar-refractivity contribution in [3.8, 4) is 34.1 Å². The second-order valence-corrected chi connectivity index (χ2v) is 27.9. The maximum absolute atomic E-state index is 13.4. The van der Waals surface area contributed by atoms with E-state index in [0.717, 1.165) is 125 Å². The minimum Gasteiger partial charge on any atom is -0.508 e. The fourth-order valence-electron chi connectivity index (χ4n) is 14.0. The molecule has 5 amide bonds. The Hall–Kier alpha value is -10.6. The lowest BCUT2D eigenvalue weighted by Gasteiger charge is -2.37. The van der Waals surface area contributed by atoms with Gasteiger partial charge in [-0.1, -0.05) is 140 Å². The molecule has 106 heavy (non-hydrogen) atoms. The summed E-state index contributed by atoms with van der Waals surface area (Å²) >= 11 is 0. The van der Waals surface area contributed by atoms with Crippen molar-refractivity contribution in [2.75, 3.05) is 50.6 Å². The second kappa shape index (κ2) is 39.5. The molecule has 0 spiro atoms. The van der Waals surface area contributed by atoms with Gasteiger partial charge in [0.2, 0.25) is 17.7 Å². The number of benzene rings is 8. The maximum atomic E-state index is 13.4. The van der Waals surface area contributed by atoms with Crippen LogP contribution in [0.25, 0.3) is 11.1 Å². The highest BCUT2D eigenvalue weighted by Gasteiger charge is 2.30. The fourth-order valence-corrected chi connectivity index (χ4v) is 14.0. The summed E-state index contributed by atoms with van der Waals surface area (Å²) in [5, 5.41) is 46.8. The second-order valence-electron chi connectivity index (χ2n) is 27.9. The molecule has 1 aromatic heterocycles. The molecule has 2 aliphatic carbocycles. The molecule has 0 bridgehead atoms. The number of pyridine rings is 1. The van der Waals surface area contributed by atoms with Crippen LogP contribution in [0.5, 0.6) is 23.0 Å². The number of carbonyl (C=O) groups is 4. The lowest BCUT2D eigenvalue weighted by molar-refractivity contribution is -0.195. The van der Waals surface area contributed by atoms with Gasteiger partial charge in [0.15, 0.2) is 6.29 Å². The molecule has 19 heteroatoms. The number of anilines is 2. The van der Waals surface area contributed by atoms with E-state index in [4.69, 9.17) is 9.47 Å². The van der Waals surface area contributed by atoms with Crippen LogP contribution in [-0.2, 0) is 43.1 Å². The number of carbonyl (C=O) groups excluding carboxylic acids is 4. The van der Waals surface area contributed by atoms with Gasteiger partial charge in [-0.25, -0.2) is 18.6 Å². The summed E-state index contributed by atoms with van der Waals surface area (Å²) in [5.74, 6) is 2.06. The Morgan fingerprint density at radius 2 is 0.953 bits per heavy atom. The first-order valence-electron chi connectivity index (χ1n) is 36.9. The molecule has 9 aromatic rings. The summed E-state index contributed by atoms with van der Waals surface area (Å²) in [6.45, 7) is 4.28. The third-order valence-corrected chi connectivity index (χ3v) is 20.4. The lowest BCUT2D eigenvalue weighted by Crippen LogP contribution is -2.47. The van der Waals surface area contributed by atoms with Gasteiger partial charge < -0.3 is 60.5 Å². The molecule has 17 nitrogen and oxygen atoms in total. The number of phenols is 3. The summed E-state index contributed by atoms with van der Waals surface area (Å²) < 4.78 is 38.2. The number of halogens is 2. The van der Waals surface area contributed by atoms with E-state index in [-0.39, 0.29) is 47.3 Å². The number of aromatic nitrogens is 1. The number of piperidine rings is 1. The molecule has 2 saturated carbocycles. The zero-order valence-electron chi connectivity index (χ0n) is 60.8. The first kappa shape index (κ1) is 78.0. The molecule has 13 rings (SSSR count). The number of hydrogen-bond acceptors (Lipinski definition) is 12. The summed E-state index contributed by atoms with van der Waals surface area (Å²) in [4.78, 5) is 59.5. The molecule has 0 atom stereocenters. The normalized spacial score (nSPS) is 18.5. The van der Waals surface area contributed by atoms with Crippen molar-refractivity contribution in [2.24, 2.45) is 0 Å². The lowest BCUT2D eigenvalue weighted by atomic mass is 9.81. The van der Waals surface area contributed by atoms with Crippen molar-refractivity contribution < 1.29 is 57.9 Å². The third kappa shape index (κ3) is 24.2. The number of aryl methyl sites for hydroxylation is 4. The highest BCUT2D eigenvalue weighted by atomic mass is 19.1. The number of phenolic OH excluding ortho intramolecular Hbond substituents is 3. The van der Waals surface area contributed by atoms with Crippen LogP contribution in [0.3, 0.4) is 0 Å². The molecule has 0 unspecified atom stereocenters. The van der Waals surface area contributed by atoms with Gasteiger partial charge in [-0.2, -0.15) is 0 Å². The van der Waals surface area contributed by atoms with E-state index in [2.05, 4.69) is 56.2 Å². The van der Waals surface area contributed by atoms with Gasteiger partial charge in [-0.05, 0) is 213 Å². The van der Waals surface area contributed by atoms with Crippen molar-refractivity contribution in [3.63, 3.8) is 0 Å². The zero-order chi connectivity index (χ0) is 74.7. The minimum absolute atomic E-state index is 0.000800. The number of rotatable bonds is 19. The van der Waals surface area contributed by atoms with E-state index >= 15 is 0 Å².